The van der Waals surface area contributed by atoms with Crippen LogP contribution in [0.5, 0.6) is 0 Å². The first-order valence-corrected chi connectivity index (χ1v) is 5.86. The minimum atomic E-state index is -0.140. The van der Waals surface area contributed by atoms with Crippen molar-refractivity contribution in [3.63, 3.8) is 0 Å². The third kappa shape index (κ3) is 2.11. The van der Waals surface area contributed by atoms with Crippen molar-refractivity contribution in [2.75, 3.05) is 0 Å². The molecule has 1 heterocycles. The Hall–Kier alpha value is -1.61. The number of hydrogen-bond acceptors (Lipinski definition) is 2. The largest absolute Gasteiger partial charge is 0.472 e. The fourth-order valence-corrected chi connectivity index (χ4v) is 2.43. The molecule has 0 saturated carbocycles. The van der Waals surface area contributed by atoms with E-state index in [1.54, 1.807) is 18.6 Å². The van der Waals surface area contributed by atoms with E-state index >= 15 is 0 Å². The number of benzene rings is 1. The summed E-state index contributed by atoms with van der Waals surface area (Å²) in [5.41, 5.74) is 3.50. The van der Waals surface area contributed by atoms with Gasteiger partial charge in [-0.3, -0.25) is 0 Å². The second kappa shape index (κ2) is 4.34. The lowest BCUT2D eigenvalue weighted by molar-refractivity contribution is 0.521. The lowest BCUT2D eigenvalue weighted by Crippen LogP contribution is -2.18. The third-order valence-corrected chi connectivity index (χ3v) is 3.32. The molecule has 17 heavy (non-hydrogen) atoms. The van der Waals surface area contributed by atoms with Gasteiger partial charge in [-0.05, 0) is 42.2 Å². The summed E-state index contributed by atoms with van der Waals surface area (Å²) in [7, 11) is 0. The minimum Gasteiger partial charge on any atom is -0.472 e. The molecule has 1 atom stereocenters. The zero-order valence-electron chi connectivity index (χ0n) is 9.45. The molecule has 1 aromatic heterocycles. The van der Waals surface area contributed by atoms with Gasteiger partial charge in [-0.1, -0.05) is 6.07 Å². The van der Waals surface area contributed by atoms with Crippen molar-refractivity contribution in [2.45, 2.75) is 25.4 Å². The molecule has 1 N–H and O–H groups in total. The fraction of sp³-hybridized carbons (Fsp3) is 0.286. The Morgan fingerprint density at radius 1 is 1.35 bits per heavy atom. The van der Waals surface area contributed by atoms with Crippen LogP contribution >= 0.6 is 0 Å². The monoisotopic (exact) mass is 231 g/mol. The molecule has 2 aromatic rings. The molecule has 0 spiro atoms. The van der Waals surface area contributed by atoms with Crippen molar-refractivity contribution in [3.8, 4) is 0 Å². The summed E-state index contributed by atoms with van der Waals surface area (Å²) in [5, 5.41) is 3.48. The number of aryl methyl sites for hydroxylation is 1. The Morgan fingerprint density at radius 3 is 3.12 bits per heavy atom. The summed E-state index contributed by atoms with van der Waals surface area (Å²) in [6, 6.07) is 7.37. The van der Waals surface area contributed by atoms with Crippen LogP contribution in [0.2, 0.25) is 0 Å². The van der Waals surface area contributed by atoms with E-state index in [2.05, 4.69) is 5.32 Å². The Morgan fingerprint density at radius 2 is 2.29 bits per heavy atom. The van der Waals surface area contributed by atoms with Crippen molar-refractivity contribution in [1.82, 2.24) is 5.32 Å². The van der Waals surface area contributed by atoms with Gasteiger partial charge in [0.2, 0.25) is 0 Å². The molecule has 1 unspecified atom stereocenters. The van der Waals surface area contributed by atoms with E-state index in [4.69, 9.17) is 4.42 Å². The van der Waals surface area contributed by atoms with Gasteiger partial charge in [0.25, 0.3) is 0 Å². The van der Waals surface area contributed by atoms with Crippen LogP contribution in [0.3, 0.4) is 0 Å². The summed E-state index contributed by atoms with van der Waals surface area (Å²) in [6.07, 6.45) is 5.41. The highest BCUT2D eigenvalue weighted by Crippen LogP contribution is 2.31. The van der Waals surface area contributed by atoms with Crippen molar-refractivity contribution in [3.05, 3.63) is 59.3 Å². The number of furan rings is 1. The number of nitrogens with one attached hydrogen (secondary N) is 1. The van der Waals surface area contributed by atoms with Gasteiger partial charge in [0, 0.05) is 18.2 Å². The molecule has 2 nitrogen and oxygen atoms in total. The molecule has 3 heteroatoms. The second-order valence-corrected chi connectivity index (χ2v) is 4.45. The molecule has 0 fully saturated rings. The molecule has 0 radical (unpaired) electrons. The molecule has 1 aromatic carbocycles. The average molecular weight is 231 g/mol. The van der Waals surface area contributed by atoms with Crippen LogP contribution in [0, 0.1) is 5.82 Å². The normalized spacial score (nSPS) is 18.3. The molecule has 3 rings (SSSR count). The smallest absolute Gasteiger partial charge is 0.123 e. The third-order valence-electron chi connectivity index (χ3n) is 3.32. The first-order valence-electron chi connectivity index (χ1n) is 5.86. The maximum atomic E-state index is 13.1. The molecular weight excluding hydrogens is 217 g/mol. The van der Waals surface area contributed by atoms with E-state index < -0.39 is 0 Å². The number of halogens is 1. The van der Waals surface area contributed by atoms with Crippen LogP contribution in [-0.2, 0) is 13.0 Å². The molecule has 0 saturated heterocycles. The predicted molar refractivity (Wildman–Crippen MR) is 63.0 cm³/mol. The maximum absolute atomic E-state index is 13.1. The second-order valence-electron chi connectivity index (χ2n) is 4.45. The van der Waals surface area contributed by atoms with Crippen LogP contribution in [0.4, 0.5) is 4.39 Å². The minimum absolute atomic E-state index is 0.140. The van der Waals surface area contributed by atoms with Gasteiger partial charge in [0.1, 0.15) is 5.82 Å². The SMILES string of the molecule is Fc1ccc2c(c1)CCC2NCc1ccoc1. The van der Waals surface area contributed by atoms with E-state index in [1.807, 2.05) is 12.1 Å². The van der Waals surface area contributed by atoms with E-state index in [-0.39, 0.29) is 5.82 Å². The Balaban J connectivity index is 1.71. The number of hydrogen-bond donors (Lipinski definition) is 1. The summed E-state index contributed by atoms with van der Waals surface area (Å²) in [6.45, 7) is 0.790. The molecule has 1 aliphatic rings. The average Bonchev–Trinajstić information content (AvgIpc) is 2.94. The maximum Gasteiger partial charge on any atom is 0.123 e. The highest BCUT2D eigenvalue weighted by atomic mass is 19.1. The van der Waals surface area contributed by atoms with E-state index in [1.165, 1.54) is 11.6 Å². The van der Waals surface area contributed by atoms with Crippen molar-refractivity contribution in [1.29, 1.82) is 0 Å². The van der Waals surface area contributed by atoms with Crippen LogP contribution in [0.25, 0.3) is 0 Å². The molecule has 88 valence electrons. The number of fused-ring (bicyclic) bond motifs is 1. The summed E-state index contributed by atoms with van der Waals surface area (Å²) < 4.78 is 18.1. The molecule has 0 aliphatic heterocycles. The van der Waals surface area contributed by atoms with Crippen LogP contribution in [0.1, 0.15) is 29.2 Å². The van der Waals surface area contributed by atoms with Gasteiger partial charge < -0.3 is 9.73 Å². The lowest BCUT2D eigenvalue weighted by Gasteiger charge is -2.13. The van der Waals surface area contributed by atoms with Crippen molar-refractivity contribution < 1.29 is 8.81 Å². The van der Waals surface area contributed by atoms with Gasteiger partial charge in [-0.15, -0.1) is 0 Å². The van der Waals surface area contributed by atoms with E-state index in [0.29, 0.717) is 6.04 Å². The topological polar surface area (TPSA) is 25.2 Å². The zero-order valence-corrected chi connectivity index (χ0v) is 9.45. The summed E-state index contributed by atoms with van der Waals surface area (Å²) >= 11 is 0. The fourth-order valence-electron chi connectivity index (χ4n) is 2.43. The quantitative estimate of drug-likeness (QED) is 0.877. The summed E-state index contributed by atoms with van der Waals surface area (Å²) in [5.74, 6) is -0.140. The molecule has 0 bridgehead atoms. The number of rotatable bonds is 3. The van der Waals surface area contributed by atoms with Gasteiger partial charge in [0.15, 0.2) is 0 Å². The van der Waals surface area contributed by atoms with Gasteiger partial charge in [-0.25, -0.2) is 4.39 Å². The Kier molecular flexibility index (Phi) is 2.69. The zero-order chi connectivity index (χ0) is 11.7. The van der Waals surface area contributed by atoms with Gasteiger partial charge in [0.05, 0.1) is 12.5 Å². The van der Waals surface area contributed by atoms with Crippen LogP contribution < -0.4 is 5.32 Å². The van der Waals surface area contributed by atoms with Crippen molar-refractivity contribution >= 4 is 0 Å². The van der Waals surface area contributed by atoms with Crippen LogP contribution in [0.15, 0.2) is 41.2 Å². The van der Waals surface area contributed by atoms with E-state index in [9.17, 15) is 4.39 Å². The van der Waals surface area contributed by atoms with Gasteiger partial charge in [-0.2, -0.15) is 0 Å². The highest BCUT2D eigenvalue weighted by Gasteiger charge is 2.22. The molecule has 1 aliphatic carbocycles. The lowest BCUT2D eigenvalue weighted by atomic mass is 10.1. The predicted octanol–water partition coefficient (Wildman–Crippen LogP) is 3.20. The van der Waals surface area contributed by atoms with Crippen LogP contribution in [-0.4, -0.2) is 0 Å². The first kappa shape index (κ1) is 10.5. The summed E-state index contributed by atoms with van der Waals surface area (Å²) in [4.78, 5) is 0. The Bertz CT molecular complexity index is 507. The standard InChI is InChI=1S/C14H14FNO/c15-12-2-3-13-11(7-12)1-4-14(13)16-8-10-5-6-17-9-10/h2-3,5-7,9,14,16H,1,4,8H2. The Labute approximate surface area is 99.5 Å². The molecule has 0 amide bonds. The van der Waals surface area contributed by atoms with Crippen molar-refractivity contribution in [2.24, 2.45) is 0 Å². The highest BCUT2D eigenvalue weighted by molar-refractivity contribution is 5.35. The van der Waals surface area contributed by atoms with E-state index in [0.717, 1.165) is 30.5 Å². The van der Waals surface area contributed by atoms with Gasteiger partial charge >= 0.3 is 0 Å². The first-order chi connectivity index (χ1) is 8.33. The molecular formula is C14H14FNO.